The Morgan fingerprint density at radius 3 is 2.52 bits per heavy atom. The van der Waals surface area contributed by atoms with E-state index in [2.05, 4.69) is 13.8 Å². The minimum atomic E-state index is -1.07. The van der Waals surface area contributed by atoms with E-state index in [1.807, 2.05) is 25.1 Å². The van der Waals surface area contributed by atoms with Crippen LogP contribution in [-0.2, 0) is 0 Å². The Morgan fingerprint density at radius 1 is 1.24 bits per heavy atom. The SMILES string of the molecule is Cc1cc(Oc2cccc(C(=O)O)c2N)ccc1C(C)C. The van der Waals surface area contributed by atoms with Crippen LogP contribution in [0, 0.1) is 6.92 Å². The van der Waals surface area contributed by atoms with Crippen LogP contribution in [0.5, 0.6) is 11.5 Å². The average molecular weight is 285 g/mol. The second-order valence-electron chi connectivity index (χ2n) is 5.30. The standard InChI is InChI=1S/C17H19NO3/c1-10(2)13-8-7-12(9-11(13)3)21-15-6-4-5-14(16(15)18)17(19)20/h4-10H,18H2,1-3H3,(H,19,20). The first kappa shape index (κ1) is 14.9. The molecule has 2 aromatic carbocycles. The third-order valence-electron chi connectivity index (χ3n) is 3.39. The number of carboxylic acids is 1. The molecule has 0 unspecified atom stereocenters. The Balaban J connectivity index is 2.33. The van der Waals surface area contributed by atoms with Gasteiger partial charge in [0, 0.05) is 0 Å². The molecular formula is C17H19NO3. The van der Waals surface area contributed by atoms with Crippen molar-refractivity contribution in [2.75, 3.05) is 5.73 Å². The van der Waals surface area contributed by atoms with Gasteiger partial charge in [-0.1, -0.05) is 26.0 Å². The molecule has 0 bridgehead atoms. The van der Waals surface area contributed by atoms with Gasteiger partial charge in [0.1, 0.15) is 5.75 Å². The number of aromatic carboxylic acids is 1. The number of benzene rings is 2. The number of hydrogen-bond donors (Lipinski definition) is 2. The summed E-state index contributed by atoms with van der Waals surface area (Å²) in [5.41, 5.74) is 8.42. The largest absolute Gasteiger partial charge is 0.478 e. The van der Waals surface area contributed by atoms with Gasteiger partial charge in [-0.2, -0.15) is 0 Å². The molecule has 0 atom stereocenters. The number of nitrogen functional groups attached to an aromatic ring is 1. The van der Waals surface area contributed by atoms with E-state index in [1.54, 1.807) is 12.1 Å². The molecule has 2 rings (SSSR count). The Hall–Kier alpha value is -2.49. The van der Waals surface area contributed by atoms with E-state index in [9.17, 15) is 4.79 Å². The van der Waals surface area contributed by atoms with Crippen molar-refractivity contribution >= 4 is 11.7 Å². The Labute approximate surface area is 124 Å². The molecule has 0 aliphatic heterocycles. The number of anilines is 1. The first-order valence-electron chi connectivity index (χ1n) is 6.80. The molecule has 21 heavy (non-hydrogen) atoms. The van der Waals surface area contributed by atoms with Gasteiger partial charge in [-0.3, -0.25) is 0 Å². The van der Waals surface area contributed by atoms with Crippen LogP contribution in [-0.4, -0.2) is 11.1 Å². The van der Waals surface area contributed by atoms with Crippen molar-refractivity contribution < 1.29 is 14.6 Å². The lowest BCUT2D eigenvalue weighted by Gasteiger charge is -2.14. The zero-order valence-corrected chi connectivity index (χ0v) is 12.4. The molecule has 0 amide bonds. The zero-order valence-electron chi connectivity index (χ0n) is 12.4. The third-order valence-corrected chi connectivity index (χ3v) is 3.39. The smallest absolute Gasteiger partial charge is 0.337 e. The number of aryl methyl sites for hydroxylation is 1. The number of para-hydroxylation sites is 1. The highest BCUT2D eigenvalue weighted by Gasteiger charge is 2.13. The molecule has 0 aromatic heterocycles. The molecule has 4 nitrogen and oxygen atoms in total. The maximum atomic E-state index is 11.1. The Bertz CT molecular complexity index is 678. The van der Waals surface area contributed by atoms with E-state index in [0.717, 1.165) is 5.56 Å². The van der Waals surface area contributed by atoms with E-state index >= 15 is 0 Å². The van der Waals surface area contributed by atoms with E-state index in [-0.39, 0.29) is 11.3 Å². The lowest BCUT2D eigenvalue weighted by atomic mass is 9.98. The van der Waals surface area contributed by atoms with E-state index < -0.39 is 5.97 Å². The number of rotatable bonds is 4. The van der Waals surface area contributed by atoms with Crippen LogP contribution in [0.2, 0.25) is 0 Å². The van der Waals surface area contributed by atoms with E-state index in [1.165, 1.54) is 11.6 Å². The molecule has 0 saturated carbocycles. The van der Waals surface area contributed by atoms with Crippen molar-refractivity contribution in [2.24, 2.45) is 0 Å². The average Bonchev–Trinajstić information content (AvgIpc) is 2.40. The number of nitrogens with two attached hydrogens (primary N) is 1. The Kier molecular flexibility index (Phi) is 4.17. The summed E-state index contributed by atoms with van der Waals surface area (Å²) in [4.78, 5) is 11.1. The van der Waals surface area contributed by atoms with Gasteiger partial charge in [-0.15, -0.1) is 0 Å². The van der Waals surface area contributed by atoms with Crippen molar-refractivity contribution in [2.45, 2.75) is 26.7 Å². The van der Waals surface area contributed by atoms with Crippen molar-refractivity contribution in [3.63, 3.8) is 0 Å². The molecule has 0 aliphatic rings. The molecule has 0 saturated heterocycles. The highest BCUT2D eigenvalue weighted by Crippen LogP contribution is 2.32. The van der Waals surface area contributed by atoms with Gasteiger partial charge in [0.15, 0.2) is 5.75 Å². The summed E-state index contributed by atoms with van der Waals surface area (Å²) in [5, 5.41) is 9.06. The normalized spacial score (nSPS) is 10.7. The first-order valence-corrected chi connectivity index (χ1v) is 6.80. The second kappa shape index (κ2) is 5.87. The topological polar surface area (TPSA) is 72.5 Å². The monoisotopic (exact) mass is 285 g/mol. The fourth-order valence-corrected chi connectivity index (χ4v) is 2.31. The molecule has 0 fully saturated rings. The predicted octanol–water partition coefficient (Wildman–Crippen LogP) is 4.19. The van der Waals surface area contributed by atoms with Crippen LogP contribution in [0.15, 0.2) is 36.4 Å². The number of carbonyl (C=O) groups is 1. The second-order valence-corrected chi connectivity index (χ2v) is 5.30. The molecule has 0 aliphatic carbocycles. The molecule has 0 radical (unpaired) electrons. The van der Waals surface area contributed by atoms with Crippen molar-refractivity contribution in [1.29, 1.82) is 0 Å². The molecule has 4 heteroatoms. The van der Waals surface area contributed by atoms with Crippen LogP contribution in [0.4, 0.5) is 5.69 Å². The molecule has 3 N–H and O–H groups in total. The summed E-state index contributed by atoms with van der Waals surface area (Å²) >= 11 is 0. The number of ether oxygens (including phenoxy) is 1. The van der Waals surface area contributed by atoms with Crippen molar-refractivity contribution in [1.82, 2.24) is 0 Å². The lowest BCUT2D eigenvalue weighted by molar-refractivity contribution is 0.0697. The predicted molar refractivity (Wildman–Crippen MR) is 83.2 cm³/mol. The number of hydrogen-bond acceptors (Lipinski definition) is 3. The quantitative estimate of drug-likeness (QED) is 0.826. The van der Waals surface area contributed by atoms with Crippen molar-refractivity contribution in [3.8, 4) is 11.5 Å². The highest BCUT2D eigenvalue weighted by atomic mass is 16.5. The maximum absolute atomic E-state index is 11.1. The van der Waals surface area contributed by atoms with Crippen LogP contribution in [0.1, 0.15) is 41.3 Å². The Morgan fingerprint density at radius 2 is 1.95 bits per heavy atom. The van der Waals surface area contributed by atoms with E-state index in [4.69, 9.17) is 15.6 Å². The third kappa shape index (κ3) is 3.16. The fourth-order valence-electron chi connectivity index (χ4n) is 2.31. The molecular weight excluding hydrogens is 266 g/mol. The summed E-state index contributed by atoms with van der Waals surface area (Å²) in [5.74, 6) is 0.376. The zero-order chi connectivity index (χ0) is 15.6. The van der Waals surface area contributed by atoms with Gasteiger partial charge < -0.3 is 15.6 Å². The van der Waals surface area contributed by atoms with Gasteiger partial charge in [0.05, 0.1) is 11.3 Å². The molecule has 0 heterocycles. The molecule has 110 valence electrons. The van der Waals surface area contributed by atoms with Gasteiger partial charge >= 0.3 is 5.97 Å². The van der Waals surface area contributed by atoms with Gasteiger partial charge in [-0.05, 0) is 48.2 Å². The highest BCUT2D eigenvalue weighted by molar-refractivity contribution is 5.95. The van der Waals surface area contributed by atoms with E-state index in [0.29, 0.717) is 17.4 Å². The van der Waals surface area contributed by atoms with Gasteiger partial charge in [0.25, 0.3) is 0 Å². The lowest BCUT2D eigenvalue weighted by Crippen LogP contribution is -2.03. The number of carboxylic acid groups (broad SMARTS) is 1. The summed E-state index contributed by atoms with van der Waals surface area (Å²) in [6.45, 7) is 6.30. The summed E-state index contributed by atoms with van der Waals surface area (Å²) in [6.07, 6.45) is 0. The van der Waals surface area contributed by atoms with Gasteiger partial charge in [0.2, 0.25) is 0 Å². The fraction of sp³-hybridized carbons (Fsp3) is 0.235. The molecule has 0 spiro atoms. The van der Waals surface area contributed by atoms with Crippen molar-refractivity contribution in [3.05, 3.63) is 53.1 Å². The summed E-state index contributed by atoms with van der Waals surface area (Å²) < 4.78 is 5.73. The first-order chi connectivity index (χ1) is 9.90. The minimum Gasteiger partial charge on any atom is -0.478 e. The summed E-state index contributed by atoms with van der Waals surface area (Å²) in [7, 11) is 0. The van der Waals surface area contributed by atoms with Crippen LogP contribution in [0.3, 0.4) is 0 Å². The minimum absolute atomic E-state index is 0.0445. The molecule has 2 aromatic rings. The van der Waals surface area contributed by atoms with Crippen LogP contribution < -0.4 is 10.5 Å². The van der Waals surface area contributed by atoms with Gasteiger partial charge in [-0.25, -0.2) is 4.79 Å². The van der Waals surface area contributed by atoms with Crippen LogP contribution >= 0.6 is 0 Å². The maximum Gasteiger partial charge on any atom is 0.337 e. The van der Waals surface area contributed by atoms with Crippen LogP contribution in [0.25, 0.3) is 0 Å². The summed E-state index contributed by atoms with van der Waals surface area (Å²) in [6, 6.07) is 10.6.